The molecule has 1 aromatic heterocycles. The first-order valence-electron chi connectivity index (χ1n) is 10.4. The van der Waals surface area contributed by atoms with Crippen LogP contribution in [0.15, 0.2) is 30.3 Å². The Hall–Kier alpha value is -2.34. The lowest BCUT2D eigenvalue weighted by atomic mass is 9.80. The van der Waals surface area contributed by atoms with Gasteiger partial charge in [-0.1, -0.05) is 12.1 Å². The molecule has 4 rings (SSSR count). The van der Waals surface area contributed by atoms with E-state index in [0.29, 0.717) is 12.8 Å². The summed E-state index contributed by atoms with van der Waals surface area (Å²) in [4.78, 5) is 14.6. The molecular formula is C23H31N3O3. The highest BCUT2D eigenvalue weighted by Crippen LogP contribution is 2.46. The maximum atomic E-state index is 12.7. The van der Waals surface area contributed by atoms with E-state index in [2.05, 4.69) is 5.10 Å². The number of benzene rings is 1. The van der Waals surface area contributed by atoms with E-state index in [-0.39, 0.29) is 18.2 Å². The Morgan fingerprint density at radius 3 is 2.38 bits per heavy atom. The molecule has 1 aromatic carbocycles. The highest BCUT2D eigenvalue weighted by molar-refractivity contribution is 5.70. The highest BCUT2D eigenvalue weighted by atomic mass is 16.6. The van der Waals surface area contributed by atoms with Crippen molar-refractivity contribution < 1.29 is 14.6 Å². The number of aliphatic hydroxyl groups is 1. The lowest BCUT2D eigenvalue weighted by Gasteiger charge is -2.44. The molecule has 2 aliphatic rings. The predicted octanol–water partition coefficient (Wildman–Crippen LogP) is 4.24. The first-order valence-corrected chi connectivity index (χ1v) is 10.4. The van der Waals surface area contributed by atoms with Crippen molar-refractivity contribution in [2.45, 2.75) is 83.6 Å². The number of ether oxygens (including phenoxy) is 1. The second kappa shape index (κ2) is 6.87. The molecule has 1 amide bonds. The van der Waals surface area contributed by atoms with Crippen LogP contribution in [-0.4, -0.2) is 43.6 Å². The molecule has 6 nitrogen and oxygen atoms in total. The van der Waals surface area contributed by atoms with Crippen LogP contribution >= 0.6 is 0 Å². The second-order valence-corrected chi connectivity index (χ2v) is 9.60. The fraction of sp³-hybridized carbons (Fsp3) is 0.565. The molecule has 0 radical (unpaired) electrons. The van der Waals surface area contributed by atoms with Crippen LogP contribution in [0, 0.1) is 13.8 Å². The molecule has 3 heterocycles. The molecule has 6 heteroatoms. The Morgan fingerprint density at radius 2 is 1.83 bits per heavy atom. The highest BCUT2D eigenvalue weighted by Gasteiger charge is 2.51. The zero-order chi connectivity index (χ0) is 21.0. The Bertz CT molecular complexity index is 914. The summed E-state index contributed by atoms with van der Waals surface area (Å²) in [6.45, 7) is 9.67. The van der Waals surface area contributed by atoms with Gasteiger partial charge in [0.1, 0.15) is 5.60 Å². The van der Waals surface area contributed by atoms with Gasteiger partial charge < -0.3 is 14.7 Å². The number of nitrogens with zero attached hydrogens (tertiary/aromatic N) is 3. The van der Waals surface area contributed by atoms with E-state index < -0.39 is 11.2 Å². The van der Waals surface area contributed by atoms with Crippen molar-refractivity contribution in [2.24, 2.45) is 0 Å². The van der Waals surface area contributed by atoms with E-state index >= 15 is 0 Å². The molecule has 2 fully saturated rings. The van der Waals surface area contributed by atoms with Gasteiger partial charge in [-0.2, -0.15) is 5.10 Å². The maximum Gasteiger partial charge on any atom is 0.410 e. The van der Waals surface area contributed by atoms with Gasteiger partial charge in [-0.3, -0.25) is 0 Å². The average molecular weight is 398 g/mol. The van der Waals surface area contributed by atoms with Crippen LogP contribution in [0.5, 0.6) is 0 Å². The Morgan fingerprint density at radius 1 is 1.17 bits per heavy atom. The molecule has 156 valence electrons. The van der Waals surface area contributed by atoms with Crippen LogP contribution in [0.25, 0.3) is 5.69 Å². The van der Waals surface area contributed by atoms with E-state index in [1.807, 2.05) is 74.5 Å². The van der Waals surface area contributed by atoms with Crippen molar-refractivity contribution in [3.05, 3.63) is 47.3 Å². The summed E-state index contributed by atoms with van der Waals surface area (Å²) < 4.78 is 7.53. The smallest absolute Gasteiger partial charge is 0.410 e. The molecule has 2 bridgehead atoms. The first-order chi connectivity index (χ1) is 13.6. The van der Waals surface area contributed by atoms with Crippen molar-refractivity contribution >= 4 is 6.09 Å². The molecule has 1 N–H and O–H groups in total. The van der Waals surface area contributed by atoms with E-state index in [1.54, 1.807) is 0 Å². The fourth-order valence-corrected chi connectivity index (χ4v) is 4.89. The Balaban J connectivity index is 1.59. The first kappa shape index (κ1) is 20.0. The van der Waals surface area contributed by atoms with Crippen LogP contribution in [0.4, 0.5) is 4.79 Å². The Kier molecular flexibility index (Phi) is 4.73. The minimum absolute atomic E-state index is 0.00550. The summed E-state index contributed by atoms with van der Waals surface area (Å²) in [7, 11) is 0. The van der Waals surface area contributed by atoms with Crippen LogP contribution in [-0.2, 0) is 10.3 Å². The molecule has 29 heavy (non-hydrogen) atoms. The van der Waals surface area contributed by atoms with Crippen molar-refractivity contribution in [2.75, 3.05) is 0 Å². The summed E-state index contributed by atoms with van der Waals surface area (Å²) in [5.74, 6) is 0. The predicted molar refractivity (Wildman–Crippen MR) is 111 cm³/mol. The van der Waals surface area contributed by atoms with Gasteiger partial charge in [-0.15, -0.1) is 0 Å². The minimum atomic E-state index is -0.948. The number of hydrogen-bond donors (Lipinski definition) is 1. The maximum absolute atomic E-state index is 12.7. The third-order valence-corrected chi connectivity index (χ3v) is 6.01. The number of carbonyl (C=O) groups is 1. The van der Waals surface area contributed by atoms with Crippen LogP contribution < -0.4 is 0 Å². The quantitative estimate of drug-likeness (QED) is 0.823. The van der Waals surface area contributed by atoms with Crippen molar-refractivity contribution in [3.63, 3.8) is 0 Å². The number of piperidine rings is 1. The van der Waals surface area contributed by atoms with Gasteiger partial charge in [0.15, 0.2) is 0 Å². The third-order valence-electron chi connectivity index (χ3n) is 6.01. The largest absolute Gasteiger partial charge is 0.444 e. The normalized spacial score (nSPS) is 26.6. The van der Waals surface area contributed by atoms with Gasteiger partial charge in [0.2, 0.25) is 0 Å². The van der Waals surface area contributed by atoms with Crippen molar-refractivity contribution in [1.82, 2.24) is 14.7 Å². The van der Waals surface area contributed by atoms with E-state index in [9.17, 15) is 9.90 Å². The van der Waals surface area contributed by atoms with Crippen LogP contribution in [0.2, 0.25) is 0 Å². The van der Waals surface area contributed by atoms with Crippen LogP contribution in [0.3, 0.4) is 0 Å². The summed E-state index contributed by atoms with van der Waals surface area (Å²) in [5, 5.41) is 16.2. The second-order valence-electron chi connectivity index (χ2n) is 9.60. The van der Waals surface area contributed by atoms with E-state index in [0.717, 1.165) is 35.5 Å². The number of fused-ring (bicyclic) bond motifs is 2. The topological polar surface area (TPSA) is 67.6 Å². The number of carbonyl (C=O) groups excluding carboxylic acids is 1. The molecule has 2 aromatic rings. The standard InChI is InChI=1S/C23H31N3O3/c1-15-11-16(2)26(24-15)18-8-6-7-17(12-18)23(28)13-19-9-10-20(14-23)25(19)21(27)29-22(3,4)5/h6-8,11-12,19-20,28H,9-10,13-14H2,1-5H3. The monoisotopic (exact) mass is 397 g/mol. The molecule has 0 saturated carbocycles. The van der Waals surface area contributed by atoms with Crippen molar-refractivity contribution in [1.29, 1.82) is 0 Å². The molecule has 2 unspecified atom stereocenters. The average Bonchev–Trinajstić information content (AvgIpc) is 3.10. The number of hydrogen-bond acceptors (Lipinski definition) is 4. The van der Waals surface area contributed by atoms with Crippen LogP contribution in [0.1, 0.15) is 63.4 Å². The van der Waals surface area contributed by atoms with Crippen molar-refractivity contribution in [3.8, 4) is 5.69 Å². The molecular weight excluding hydrogens is 366 g/mol. The van der Waals surface area contributed by atoms with Gasteiger partial charge in [0.25, 0.3) is 0 Å². The van der Waals surface area contributed by atoms with Gasteiger partial charge in [0.05, 0.1) is 17.0 Å². The zero-order valence-electron chi connectivity index (χ0n) is 18.0. The third kappa shape index (κ3) is 3.78. The Labute approximate surface area is 172 Å². The SMILES string of the molecule is Cc1cc(C)n(-c2cccc(C3(O)CC4CCC(C3)N4C(=O)OC(C)(C)C)c2)n1. The molecule has 0 aliphatic carbocycles. The number of amides is 1. The summed E-state index contributed by atoms with van der Waals surface area (Å²) >= 11 is 0. The number of rotatable bonds is 2. The number of aryl methyl sites for hydroxylation is 2. The summed E-state index contributed by atoms with van der Waals surface area (Å²) in [6.07, 6.45) is 2.61. The van der Waals surface area contributed by atoms with Gasteiger partial charge in [-0.05, 0) is 71.2 Å². The lowest BCUT2D eigenvalue weighted by Crippen LogP contribution is -2.53. The fourth-order valence-electron chi connectivity index (χ4n) is 4.89. The summed E-state index contributed by atoms with van der Waals surface area (Å²) in [5.41, 5.74) is 2.41. The van der Waals surface area contributed by atoms with E-state index in [4.69, 9.17) is 4.74 Å². The van der Waals surface area contributed by atoms with Gasteiger partial charge in [-0.25, -0.2) is 9.48 Å². The number of aromatic nitrogens is 2. The zero-order valence-corrected chi connectivity index (χ0v) is 18.0. The van der Waals surface area contributed by atoms with E-state index in [1.165, 1.54) is 0 Å². The molecule has 2 saturated heterocycles. The van der Waals surface area contributed by atoms with Gasteiger partial charge >= 0.3 is 6.09 Å². The summed E-state index contributed by atoms with van der Waals surface area (Å²) in [6, 6.07) is 10.1. The molecule has 0 spiro atoms. The minimum Gasteiger partial charge on any atom is -0.444 e. The van der Waals surface area contributed by atoms with Gasteiger partial charge in [0, 0.05) is 30.6 Å². The lowest BCUT2D eigenvalue weighted by molar-refractivity contribution is -0.0624. The molecule has 2 aliphatic heterocycles. The molecule has 2 atom stereocenters.